The third-order valence-electron chi connectivity index (χ3n) is 8.52. The van der Waals surface area contributed by atoms with Gasteiger partial charge < -0.3 is 30.9 Å². The van der Waals surface area contributed by atoms with Gasteiger partial charge in [-0.3, -0.25) is 28.9 Å². The van der Waals surface area contributed by atoms with Crippen molar-refractivity contribution in [2.24, 2.45) is 11.1 Å². The third kappa shape index (κ3) is 9.75. The molecule has 3 aromatic rings. The Morgan fingerprint density at radius 1 is 0.981 bits per heavy atom. The monoisotopic (exact) mass is 720 g/mol. The molecule has 0 unspecified atom stereocenters. The highest BCUT2D eigenvalue weighted by atomic mass is 19.1. The minimum absolute atomic E-state index is 0.0353. The SMILES string of the molecule is CC(=O)N(CC[C@H](N)C(=O)N[C@@H](CNC(=O)CN1C(=O)C=CC1=O)C(=O)O)[C@@H](c1cc(-c2cc(F)ccc2F)cn1Cc1ccccc1)C(C)(C)C. The molecule has 15 heteroatoms. The molecule has 0 aliphatic carbocycles. The van der Waals surface area contributed by atoms with Gasteiger partial charge in [-0.1, -0.05) is 51.1 Å². The van der Waals surface area contributed by atoms with Crippen LogP contribution < -0.4 is 16.4 Å². The Kier molecular flexibility index (Phi) is 12.4. The Bertz CT molecular complexity index is 1850. The molecule has 13 nitrogen and oxygen atoms in total. The summed E-state index contributed by atoms with van der Waals surface area (Å²) in [4.78, 5) is 76.2. The van der Waals surface area contributed by atoms with Crippen LogP contribution in [0.25, 0.3) is 11.1 Å². The molecule has 5 N–H and O–H groups in total. The van der Waals surface area contributed by atoms with Crippen LogP contribution in [0.1, 0.15) is 51.4 Å². The lowest BCUT2D eigenvalue weighted by atomic mass is 9.82. The van der Waals surface area contributed by atoms with Crippen molar-refractivity contribution >= 4 is 35.5 Å². The number of carbonyl (C=O) groups is 6. The molecule has 0 saturated carbocycles. The first-order chi connectivity index (χ1) is 24.5. The van der Waals surface area contributed by atoms with E-state index in [1.807, 2.05) is 55.7 Å². The van der Waals surface area contributed by atoms with Crippen molar-refractivity contribution in [3.8, 4) is 11.1 Å². The number of benzene rings is 2. The maximum Gasteiger partial charge on any atom is 0.328 e. The van der Waals surface area contributed by atoms with Crippen molar-refractivity contribution in [2.75, 3.05) is 19.6 Å². The lowest BCUT2D eigenvalue weighted by molar-refractivity contribution is -0.143. The average Bonchev–Trinajstić information content (AvgIpc) is 3.62. The second-order valence-electron chi connectivity index (χ2n) is 13.6. The summed E-state index contributed by atoms with van der Waals surface area (Å²) in [6.07, 6.45) is 3.62. The largest absolute Gasteiger partial charge is 0.480 e. The van der Waals surface area contributed by atoms with Crippen molar-refractivity contribution in [1.29, 1.82) is 0 Å². The van der Waals surface area contributed by atoms with Crippen LogP contribution in [0, 0.1) is 17.0 Å². The average molecular weight is 721 g/mol. The number of hydrogen-bond donors (Lipinski definition) is 4. The first-order valence-corrected chi connectivity index (χ1v) is 16.5. The van der Waals surface area contributed by atoms with E-state index in [1.165, 1.54) is 6.92 Å². The predicted octanol–water partition coefficient (Wildman–Crippen LogP) is 2.75. The second-order valence-corrected chi connectivity index (χ2v) is 13.6. The zero-order chi connectivity index (χ0) is 38.3. The Labute approximate surface area is 299 Å². The number of aromatic nitrogens is 1. The zero-order valence-corrected chi connectivity index (χ0v) is 29.3. The minimum Gasteiger partial charge on any atom is -0.480 e. The molecule has 276 valence electrons. The van der Waals surface area contributed by atoms with Crippen LogP contribution in [0.4, 0.5) is 8.78 Å². The molecule has 52 heavy (non-hydrogen) atoms. The van der Waals surface area contributed by atoms with Gasteiger partial charge in [-0.2, -0.15) is 0 Å². The van der Waals surface area contributed by atoms with Gasteiger partial charge in [0.25, 0.3) is 11.8 Å². The van der Waals surface area contributed by atoms with Crippen molar-refractivity contribution in [3.63, 3.8) is 0 Å². The third-order valence-corrected chi connectivity index (χ3v) is 8.52. The fraction of sp³-hybridized carbons (Fsp3) is 0.351. The predicted molar refractivity (Wildman–Crippen MR) is 186 cm³/mol. The van der Waals surface area contributed by atoms with Crippen molar-refractivity contribution < 1.29 is 42.7 Å². The summed E-state index contributed by atoms with van der Waals surface area (Å²) in [6.45, 7) is 6.24. The number of rotatable bonds is 15. The van der Waals surface area contributed by atoms with E-state index in [2.05, 4.69) is 10.6 Å². The van der Waals surface area contributed by atoms with Gasteiger partial charge >= 0.3 is 5.97 Å². The Morgan fingerprint density at radius 2 is 1.63 bits per heavy atom. The van der Waals surface area contributed by atoms with Gasteiger partial charge in [-0.25, -0.2) is 13.6 Å². The van der Waals surface area contributed by atoms with Crippen LogP contribution in [0.2, 0.25) is 0 Å². The normalized spacial score (nSPS) is 14.6. The molecule has 0 fully saturated rings. The van der Waals surface area contributed by atoms with Crippen molar-refractivity contribution in [2.45, 2.75) is 58.8 Å². The number of nitrogens with one attached hydrogen (secondary N) is 2. The number of carbonyl (C=O) groups excluding carboxylic acids is 5. The fourth-order valence-electron chi connectivity index (χ4n) is 5.97. The van der Waals surface area contributed by atoms with Gasteiger partial charge in [0.05, 0.1) is 12.1 Å². The molecule has 0 spiro atoms. The van der Waals surface area contributed by atoms with Crippen LogP contribution in [-0.2, 0) is 35.3 Å². The Balaban J connectivity index is 1.53. The van der Waals surface area contributed by atoms with Gasteiger partial charge in [-0.05, 0) is 41.7 Å². The number of carboxylic acid groups (broad SMARTS) is 1. The topological polar surface area (TPSA) is 184 Å². The molecular formula is C37H42F2N6O7. The lowest BCUT2D eigenvalue weighted by Crippen LogP contribution is -2.54. The summed E-state index contributed by atoms with van der Waals surface area (Å²) >= 11 is 0. The standard InChI is InChI=1S/C37H42F2N6O7/c1-22(46)44(15-14-28(40)35(50)42-29(36(51)52)18-41-31(47)21-45-32(48)12-13-33(45)49)34(37(2,3)4)30-16-24(26-17-25(38)10-11-27(26)39)20-43(30)19-23-8-6-5-7-9-23/h5-13,16-17,20,28-29,34H,14-15,18-19,21,40H2,1-4H3,(H,41,47)(H,42,50)(H,51,52)/t28-,29-,34-/m0/s1. The summed E-state index contributed by atoms with van der Waals surface area (Å²) < 4.78 is 31.1. The van der Waals surface area contributed by atoms with Gasteiger partial charge in [-0.15, -0.1) is 0 Å². The van der Waals surface area contributed by atoms with E-state index in [0.717, 1.165) is 35.9 Å². The first-order valence-electron chi connectivity index (χ1n) is 16.5. The molecule has 1 aliphatic heterocycles. The minimum atomic E-state index is -1.60. The van der Waals surface area contributed by atoms with E-state index < -0.39 is 77.9 Å². The Hall–Kier alpha value is -5.70. The van der Waals surface area contributed by atoms with E-state index in [1.54, 1.807) is 17.2 Å². The molecule has 5 amide bonds. The second kappa shape index (κ2) is 16.5. The highest BCUT2D eigenvalue weighted by Crippen LogP contribution is 2.41. The number of hydrogen-bond acceptors (Lipinski definition) is 7. The van der Waals surface area contributed by atoms with Gasteiger partial charge in [0.2, 0.25) is 17.7 Å². The fourth-order valence-corrected chi connectivity index (χ4v) is 5.97. The van der Waals surface area contributed by atoms with Crippen LogP contribution in [0.3, 0.4) is 0 Å². The summed E-state index contributed by atoms with van der Waals surface area (Å²) in [5.41, 5.74) is 7.57. The number of nitrogens with two attached hydrogens (primary N) is 1. The summed E-state index contributed by atoms with van der Waals surface area (Å²) in [7, 11) is 0. The van der Waals surface area contributed by atoms with Gasteiger partial charge in [0.1, 0.15) is 24.2 Å². The quantitative estimate of drug-likeness (QED) is 0.173. The van der Waals surface area contributed by atoms with Crippen LogP contribution in [0.5, 0.6) is 0 Å². The smallest absolute Gasteiger partial charge is 0.328 e. The van der Waals surface area contributed by atoms with Gasteiger partial charge in [0.15, 0.2) is 0 Å². The van der Waals surface area contributed by atoms with E-state index in [-0.39, 0.29) is 24.4 Å². The molecular weight excluding hydrogens is 678 g/mol. The first kappa shape index (κ1) is 39.1. The molecule has 3 atom stereocenters. The maximum atomic E-state index is 15.0. The van der Waals surface area contributed by atoms with E-state index >= 15 is 0 Å². The lowest BCUT2D eigenvalue weighted by Gasteiger charge is -2.41. The number of carboxylic acids is 1. The highest BCUT2D eigenvalue weighted by molar-refractivity contribution is 6.14. The number of imide groups is 1. The summed E-state index contributed by atoms with van der Waals surface area (Å²) in [6, 6.07) is 10.8. The number of nitrogens with zero attached hydrogens (tertiary/aromatic N) is 3. The van der Waals surface area contributed by atoms with E-state index in [4.69, 9.17) is 5.73 Å². The molecule has 0 bridgehead atoms. The molecule has 4 rings (SSSR count). The van der Waals surface area contributed by atoms with Crippen molar-refractivity contribution in [1.82, 2.24) is 25.0 Å². The number of halogens is 2. The summed E-state index contributed by atoms with van der Waals surface area (Å²) in [5.74, 6) is -6.11. The number of aliphatic carboxylic acids is 1. The molecule has 1 aromatic heterocycles. The highest BCUT2D eigenvalue weighted by Gasteiger charge is 2.37. The molecule has 2 heterocycles. The van der Waals surface area contributed by atoms with Crippen LogP contribution in [-0.4, -0.2) is 86.7 Å². The summed E-state index contributed by atoms with van der Waals surface area (Å²) in [5, 5.41) is 14.2. The molecule has 2 aromatic carbocycles. The van der Waals surface area contributed by atoms with Crippen LogP contribution in [0.15, 0.2) is 72.9 Å². The van der Waals surface area contributed by atoms with Gasteiger partial charge in [0, 0.05) is 61.7 Å². The maximum absolute atomic E-state index is 15.0. The van der Waals surface area contributed by atoms with Crippen molar-refractivity contribution in [3.05, 3.63) is 95.8 Å². The Morgan fingerprint density at radius 3 is 2.23 bits per heavy atom. The zero-order valence-electron chi connectivity index (χ0n) is 29.3. The molecule has 1 aliphatic rings. The van der Waals surface area contributed by atoms with Crippen LogP contribution >= 0.6 is 0 Å². The molecule has 0 radical (unpaired) electrons. The van der Waals surface area contributed by atoms with E-state index in [0.29, 0.717) is 22.7 Å². The molecule has 0 saturated heterocycles. The number of amides is 5. The van der Waals surface area contributed by atoms with E-state index in [9.17, 15) is 42.7 Å².